The van der Waals surface area contributed by atoms with Gasteiger partial charge in [0, 0.05) is 0 Å². The molecule has 0 fully saturated rings. The molecule has 0 unspecified atom stereocenters. The zero-order chi connectivity index (χ0) is 11.6. The molecular formula is C12H26O2. The molecule has 0 aromatic carbocycles. The Morgan fingerprint density at radius 1 is 0.714 bits per heavy atom. The fourth-order valence-corrected chi connectivity index (χ4v) is 1.18. The SMILES string of the molecule is CC(C)(C)[C@@H](O)CC[C@H](O)C(C)(C)C. The third-order valence-electron chi connectivity index (χ3n) is 2.71. The Hall–Kier alpha value is -0.0800. The Labute approximate surface area is 88.3 Å². The Balaban J connectivity index is 3.96. The Morgan fingerprint density at radius 2 is 0.929 bits per heavy atom. The smallest absolute Gasteiger partial charge is 0.0589 e. The molecule has 0 saturated carbocycles. The van der Waals surface area contributed by atoms with Crippen molar-refractivity contribution in [2.45, 2.75) is 66.6 Å². The summed E-state index contributed by atoms with van der Waals surface area (Å²) in [6.07, 6.45) is 0.670. The predicted octanol–water partition coefficient (Wildman–Crippen LogP) is 2.58. The third kappa shape index (κ3) is 4.97. The molecule has 0 aliphatic heterocycles. The van der Waals surface area contributed by atoms with Crippen LogP contribution in [0.25, 0.3) is 0 Å². The Kier molecular flexibility index (Phi) is 4.60. The number of aliphatic hydroxyl groups excluding tert-OH is 2. The highest BCUT2D eigenvalue weighted by Crippen LogP contribution is 2.27. The van der Waals surface area contributed by atoms with E-state index in [0.29, 0.717) is 12.8 Å². The van der Waals surface area contributed by atoms with E-state index in [1.54, 1.807) is 0 Å². The zero-order valence-electron chi connectivity index (χ0n) is 10.5. The topological polar surface area (TPSA) is 40.5 Å². The predicted molar refractivity (Wildman–Crippen MR) is 60.2 cm³/mol. The average molecular weight is 202 g/mol. The summed E-state index contributed by atoms with van der Waals surface area (Å²) in [6, 6.07) is 0. The number of aliphatic hydroxyl groups is 2. The van der Waals surface area contributed by atoms with Gasteiger partial charge in [-0.2, -0.15) is 0 Å². The van der Waals surface area contributed by atoms with E-state index in [4.69, 9.17) is 0 Å². The summed E-state index contributed by atoms with van der Waals surface area (Å²) in [5, 5.41) is 19.6. The van der Waals surface area contributed by atoms with E-state index in [1.807, 2.05) is 41.5 Å². The second-order valence-electron chi connectivity index (χ2n) is 6.34. The van der Waals surface area contributed by atoms with Crippen LogP contribution in [0, 0.1) is 10.8 Å². The maximum atomic E-state index is 9.79. The molecule has 0 heterocycles. The van der Waals surface area contributed by atoms with Crippen LogP contribution in [-0.4, -0.2) is 22.4 Å². The van der Waals surface area contributed by atoms with Gasteiger partial charge >= 0.3 is 0 Å². The minimum absolute atomic E-state index is 0.0857. The molecule has 0 spiro atoms. The van der Waals surface area contributed by atoms with Crippen LogP contribution in [0.15, 0.2) is 0 Å². The van der Waals surface area contributed by atoms with E-state index in [0.717, 1.165) is 0 Å². The zero-order valence-corrected chi connectivity index (χ0v) is 10.5. The van der Waals surface area contributed by atoms with Crippen molar-refractivity contribution in [2.24, 2.45) is 10.8 Å². The van der Waals surface area contributed by atoms with Crippen LogP contribution in [0.3, 0.4) is 0 Å². The van der Waals surface area contributed by atoms with Gasteiger partial charge in [0.15, 0.2) is 0 Å². The molecule has 0 rings (SSSR count). The monoisotopic (exact) mass is 202 g/mol. The fraction of sp³-hybridized carbons (Fsp3) is 1.00. The van der Waals surface area contributed by atoms with Crippen LogP contribution >= 0.6 is 0 Å². The minimum Gasteiger partial charge on any atom is -0.393 e. The lowest BCUT2D eigenvalue weighted by Crippen LogP contribution is -2.31. The van der Waals surface area contributed by atoms with Crippen LogP contribution in [0.2, 0.25) is 0 Å². The van der Waals surface area contributed by atoms with E-state index >= 15 is 0 Å². The molecule has 0 bridgehead atoms. The molecule has 0 aliphatic rings. The van der Waals surface area contributed by atoms with Crippen molar-refractivity contribution in [3.8, 4) is 0 Å². The van der Waals surface area contributed by atoms with Crippen molar-refractivity contribution in [1.82, 2.24) is 0 Å². The first kappa shape index (κ1) is 13.9. The first-order valence-corrected chi connectivity index (χ1v) is 5.41. The summed E-state index contributed by atoms with van der Waals surface area (Å²) in [6.45, 7) is 12.1. The molecule has 0 radical (unpaired) electrons. The highest BCUT2D eigenvalue weighted by atomic mass is 16.3. The first-order valence-electron chi connectivity index (χ1n) is 5.41. The molecule has 0 aromatic heterocycles. The molecule has 2 N–H and O–H groups in total. The molecule has 0 aromatic rings. The highest BCUT2D eigenvalue weighted by Gasteiger charge is 2.26. The van der Waals surface area contributed by atoms with E-state index in [9.17, 15) is 10.2 Å². The van der Waals surface area contributed by atoms with Crippen LogP contribution in [0.1, 0.15) is 54.4 Å². The van der Waals surface area contributed by atoms with Crippen molar-refractivity contribution in [3.05, 3.63) is 0 Å². The maximum Gasteiger partial charge on any atom is 0.0589 e. The van der Waals surface area contributed by atoms with Gasteiger partial charge in [0.05, 0.1) is 12.2 Å². The third-order valence-corrected chi connectivity index (χ3v) is 2.71. The number of hydrogen-bond acceptors (Lipinski definition) is 2. The first-order chi connectivity index (χ1) is 6.05. The van der Waals surface area contributed by atoms with Gasteiger partial charge in [0.25, 0.3) is 0 Å². The summed E-state index contributed by atoms with van der Waals surface area (Å²) in [5.41, 5.74) is -0.171. The second-order valence-corrected chi connectivity index (χ2v) is 6.34. The molecule has 0 saturated heterocycles. The summed E-state index contributed by atoms with van der Waals surface area (Å²) in [7, 11) is 0. The summed E-state index contributed by atoms with van der Waals surface area (Å²) in [5.74, 6) is 0. The van der Waals surface area contributed by atoms with Crippen LogP contribution in [0.5, 0.6) is 0 Å². The van der Waals surface area contributed by atoms with Gasteiger partial charge in [-0.15, -0.1) is 0 Å². The number of rotatable bonds is 3. The van der Waals surface area contributed by atoms with Gasteiger partial charge in [-0.05, 0) is 23.7 Å². The van der Waals surface area contributed by atoms with Crippen molar-refractivity contribution in [1.29, 1.82) is 0 Å². The van der Waals surface area contributed by atoms with Gasteiger partial charge < -0.3 is 10.2 Å². The van der Waals surface area contributed by atoms with E-state index in [1.165, 1.54) is 0 Å². The molecule has 14 heavy (non-hydrogen) atoms. The van der Waals surface area contributed by atoms with Gasteiger partial charge in [-0.1, -0.05) is 41.5 Å². The van der Waals surface area contributed by atoms with Gasteiger partial charge in [-0.25, -0.2) is 0 Å². The van der Waals surface area contributed by atoms with Crippen LogP contribution in [0.4, 0.5) is 0 Å². The molecule has 86 valence electrons. The maximum absolute atomic E-state index is 9.79. The molecule has 2 nitrogen and oxygen atoms in total. The van der Waals surface area contributed by atoms with Crippen molar-refractivity contribution >= 4 is 0 Å². The lowest BCUT2D eigenvalue weighted by molar-refractivity contribution is 0.0115. The van der Waals surface area contributed by atoms with Gasteiger partial charge in [0.2, 0.25) is 0 Å². The molecule has 2 heteroatoms. The van der Waals surface area contributed by atoms with Crippen LogP contribution in [-0.2, 0) is 0 Å². The van der Waals surface area contributed by atoms with Gasteiger partial charge in [0.1, 0.15) is 0 Å². The summed E-state index contributed by atoms with van der Waals surface area (Å²) in [4.78, 5) is 0. The van der Waals surface area contributed by atoms with Crippen molar-refractivity contribution in [2.75, 3.05) is 0 Å². The molecule has 2 atom stereocenters. The molecule has 0 amide bonds. The van der Waals surface area contributed by atoms with E-state index in [2.05, 4.69) is 0 Å². The largest absolute Gasteiger partial charge is 0.393 e. The van der Waals surface area contributed by atoms with E-state index < -0.39 is 0 Å². The summed E-state index contributed by atoms with van der Waals surface area (Å²) >= 11 is 0. The normalized spacial score (nSPS) is 18.0. The Morgan fingerprint density at radius 3 is 1.07 bits per heavy atom. The standard InChI is InChI=1S/C12H26O2/c1-11(2,3)9(13)7-8-10(14)12(4,5)6/h9-10,13-14H,7-8H2,1-6H3/t9-,10-/m0/s1. The fourth-order valence-electron chi connectivity index (χ4n) is 1.18. The Bertz CT molecular complexity index is 142. The quantitative estimate of drug-likeness (QED) is 0.738. The van der Waals surface area contributed by atoms with Crippen LogP contribution < -0.4 is 0 Å². The molecular weight excluding hydrogens is 176 g/mol. The number of hydrogen-bond donors (Lipinski definition) is 2. The lowest BCUT2D eigenvalue weighted by Gasteiger charge is -2.30. The second kappa shape index (κ2) is 4.63. The van der Waals surface area contributed by atoms with Crippen molar-refractivity contribution < 1.29 is 10.2 Å². The average Bonchev–Trinajstić information content (AvgIpc) is 1.95. The van der Waals surface area contributed by atoms with Gasteiger partial charge in [-0.3, -0.25) is 0 Å². The van der Waals surface area contributed by atoms with Crippen molar-refractivity contribution in [3.63, 3.8) is 0 Å². The summed E-state index contributed by atoms with van der Waals surface area (Å²) < 4.78 is 0. The molecule has 0 aliphatic carbocycles. The highest BCUT2D eigenvalue weighted by molar-refractivity contribution is 4.78. The van der Waals surface area contributed by atoms with E-state index in [-0.39, 0.29) is 23.0 Å². The lowest BCUT2D eigenvalue weighted by atomic mass is 9.81. The minimum atomic E-state index is -0.334.